The molecule has 1 aliphatic rings. The van der Waals surface area contributed by atoms with Crippen LogP contribution in [0.1, 0.15) is 17.5 Å². The second-order valence-corrected chi connectivity index (χ2v) is 5.49. The molecule has 1 heterocycles. The van der Waals surface area contributed by atoms with Gasteiger partial charge < -0.3 is 14.6 Å². The summed E-state index contributed by atoms with van der Waals surface area (Å²) in [7, 11) is 0. The third-order valence-corrected chi connectivity index (χ3v) is 3.58. The molecule has 0 spiro atoms. The zero-order valence-electron chi connectivity index (χ0n) is 12.7. The van der Waals surface area contributed by atoms with Gasteiger partial charge in [-0.05, 0) is 43.5 Å². The van der Waals surface area contributed by atoms with E-state index >= 15 is 0 Å². The van der Waals surface area contributed by atoms with Gasteiger partial charge in [0.15, 0.2) is 0 Å². The van der Waals surface area contributed by atoms with Crippen molar-refractivity contribution in [1.29, 1.82) is 0 Å². The Morgan fingerprint density at radius 2 is 2.10 bits per heavy atom. The maximum atomic E-state index is 11.1. The Balaban J connectivity index is 1.77. The van der Waals surface area contributed by atoms with Gasteiger partial charge in [-0.3, -0.25) is 9.69 Å². The minimum absolute atomic E-state index is 0.271. The molecule has 1 aromatic rings. The van der Waals surface area contributed by atoms with Gasteiger partial charge in [-0.1, -0.05) is 6.07 Å². The lowest BCUT2D eigenvalue weighted by Crippen LogP contribution is -2.50. The number of benzene rings is 1. The average Bonchev–Trinajstić information content (AvgIpc) is 2.43. The summed E-state index contributed by atoms with van der Waals surface area (Å²) in [5.74, 6) is 0.0641. The molecule has 1 N–H and O–H groups in total. The van der Waals surface area contributed by atoms with E-state index in [1.54, 1.807) is 0 Å². The Morgan fingerprint density at radius 1 is 1.38 bits per heavy atom. The van der Waals surface area contributed by atoms with Crippen molar-refractivity contribution in [3.05, 3.63) is 29.3 Å². The first-order chi connectivity index (χ1) is 10.1. The van der Waals surface area contributed by atoms with Gasteiger partial charge in [0.2, 0.25) is 0 Å². The molecule has 0 radical (unpaired) electrons. The van der Waals surface area contributed by atoms with Crippen molar-refractivity contribution in [3.63, 3.8) is 0 Å². The van der Waals surface area contributed by atoms with Crippen LogP contribution in [0.2, 0.25) is 0 Å². The van der Waals surface area contributed by atoms with Crippen molar-refractivity contribution >= 4 is 5.97 Å². The molecule has 0 saturated carbocycles. The third kappa shape index (κ3) is 4.72. The topological polar surface area (TPSA) is 59.0 Å². The zero-order chi connectivity index (χ0) is 15.2. The summed E-state index contributed by atoms with van der Waals surface area (Å²) in [6, 6.07) is 5.61. The van der Waals surface area contributed by atoms with Crippen LogP contribution in [-0.2, 0) is 9.53 Å². The van der Waals surface area contributed by atoms with E-state index < -0.39 is 12.0 Å². The van der Waals surface area contributed by atoms with Gasteiger partial charge in [0.1, 0.15) is 11.8 Å². The number of carboxylic acid groups (broad SMARTS) is 1. The first kappa shape index (κ1) is 15.8. The number of hydrogen-bond acceptors (Lipinski definition) is 4. The van der Waals surface area contributed by atoms with Crippen molar-refractivity contribution in [2.24, 2.45) is 0 Å². The number of nitrogens with zero attached hydrogens (tertiary/aromatic N) is 1. The Morgan fingerprint density at radius 3 is 2.76 bits per heavy atom. The van der Waals surface area contributed by atoms with Gasteiger partial charge in [0.25, 0.3) is 0 Å². The third-order valence-electron chi connectivity index (χ3n) is 3.58. The van der Waals surface area contributed by atoms with E-state index in [1.165, 1.54) is 11.1 Å². The number of carboxylic acids is 1. The average molecular weight is 293 g/mol. The standard InChI is InChI=1S/C16H23NO4/c1-12-8-13(2)10-14(9-12)21-6-3-4-17-5-7-20-11-15(17)16(18)19/h8-10,15H,3-7,11H2,1-2H3,(H,18,19). The minimum atomic E-state index is -0.815. The van der Waals surface area contributed by atoms with Crippen molar-refractivity contribution in [3.8, 4) is 5.75 Å². The van der Waals surface area contributed by atoms with Crippen LogP contribution in [0.4, 0.5) is 0 Å². The van der Waals surface area contributed by atoms with Crippen molar-refractivity contribution in [2.45, 2.75) is 26.3 Å². The molecule has 2 rings (SSSR count). The minimum Gasteiger partial charge on any atom is -0.494 e. The molecule has 0 aromatic heterocycles. The molecule has 1 aliphatic heterocycles. The first-order valence-electron chi connectivity index (χ1n) is 7.32. The van der Waals surface area contributed by atoms with Gasteiger partial charge in [-0.25, -0.2) is 0 Å². The highest BCUT2D eigenvalue weighted by atomic mass is 16.5. The molecule has 0 amide bonds. The first-order valence-corrected chi connectivity index (χ1v) is 7.32. The van der Waals surface area contributed by atoms with Gasteiger partial charge in [-0.2, -0.15) is 0 Å². The maximum Gasteiger partial charge on any atom is 0.323 e. The van der Waals surface area contributed by atoms with E-state index in [0.717, 1.165) is 12.2 Å². The fraction of sp³-hybridized carbons (Fsp3) is 0.562. The summed E-state index contributed by atoms with van der Waals surface area (Å²) in [4.78, 5) is 13.1. The van der Waals surface area contributed by atoms with E-state index in [4.69, 9.17) is 14.6 Å². The zero-order valence-corrected chi connectivity index (χ0v) is 12.7. The number of carbonyl (C=O) groups is 1. The number of aryl methyl sites for hydroxylation is 2. The Hall–Kier alpha value is -1.59. The number of morpholine rings is 1. The van der Waals surface area contributed by atoms with Crippen LogP contribution in [0.15, 0.2) is 18.2 Å². The summed E-state index contributed by atoms with van der Waals surface area (Å²) in [6.07, 6.45) is 0.802. The van der Waals surface area contributed by atoms with E-state index in [-0.39, 0.29) is 6.61 Å². The molecule has 0 aliphatic carbocycles. The van der Waals surface area contributed by atoms with Crippen LogP contribution in [0, 0.1) is 13.8 Å². The number of aliphatic carboxylic acids is 1. The number of hydrogen-bond donors (Lipinski definition) is 1. The molecule has 0 bridgehead atoms. The Bertz CT molecular complexity index is 469. The lowest BCUT2D eigenvalue weighted by Gasteiger charge is -2.32. The number of ether oxygens (including phenoxy) is 2. The molecular weight excluding hydrogens is 270 g/mol. The Kier molecular flexibility index (Phi) is 5.59. The summed E-state index contributed by atoms with van der Waals surface area (Å²) < 4.78 is 11.0. The van der Waals surface area contributed by atoms with E-state index in [0.29, 0.717) is 26.3 Å². The number of rotatable bonds is 6. The predicted molar refractivity (Wildman–Crippen MR) is 79.8 cm³/mol. The van der Waals surface area contributed by atoms with Crippen LogP contribution in [-0.4, -0.2) is 54.9 Å². The van der Waals surface area contributed by atoms with Gasteiger partial charge in [-0.15, -0.1) is 0 Å². The summed E-state index contributed by atoms with van der Waals surface area (Å²) in [5.41, 5.74) is 2.37. The van der Waals surface area contributed by atoms with Gasteiger partial charge >= 0.3 is 5.97 Å². The smallest absolute Gasteiger partial charge is 0.323 e. The molecule has 1 unspecified atom stereocenters. The monoisotopic (exact) mass is 293 g/mol. The summed E-state index contributed by atoms with van der Waals surface area (Å²) >= 11 is 0. The van der Waals surface area contributed by atoms with Crippen molar-refractivity contribution in [2.75, 3.05) is 32.9 Å². The van der Waals surface area contributed by atoms with Crippen LogP contribution in [0.3, 0.4) is 0 Å². The normalized spacial score (nSPS) is 19.4. The lowest BCUT2D eigenvalue weighted by molar-refractivity contribution is -0.149. The van der Waals surface area contributed by atoms with Gasteiger partial charge in [0.05, 0.1) is 19.8 Å². The fourth-order valence-corrected chi connectivity index (χ4v) is 2.61. The van der Waals surface area contributed by atoms with E-state index in [1.807, 2.05) is 30.9 Å². The van der Waals surface area contributed by atoms with E-state index in [2.05, 4.69) is 6.07 Å². The molecule has 5 nitrogen and oxygen atoms in total. The Labute approximate surface area is 125 Å². The van der Waals surface area contributed by atoms with Gasteiger partial charge in [0, 0.05) is 13.1 Å². The highest BCUT2D eigenvalue weighted by molar-refractivity contribution is 5.73. The summed E-state index contributed by atoms with van der Waals surface area (Å²) in [5, 5.41) is 9.15. The van der Waals surface area contributed by atoms with Crippen molar-refractivity contribution in [1.82, 2.24) is 4.90 Å². The molecule has 1 aromatic carbocycles. The summed E-state index contributed by atoms with van der Waals surface area (Å²) in [6.45, 7) is 6.93. The van der Waals surface area contributed by atoms with Crippen LogP contribution in [0.25, 0.3) is 0 Å². The SMILES string of the molecule is Cc1cc(C)cc(OCCCN2CCOCC2C(=O)O)c1. The molecule has 5 heteroatoms. The van der Waals surface area contributed by atoms with Crippen LogP contribution < -0.4 is 4.74 Å². The van der Waals surface area contributed by atoms with Crippen molar-refractivity contribution < 1.29 is 19.4 Å². The largest absolute Gasteiger partial charge is 0.494 e. The molecular formula is C16H23NO4. The molecule has 21 heavy (non-hydrogen) atoms. The second-order valence-electron chi connectivity index (χ2n) is 5.49. The van der Waals surface area contributed by atoms with E-state index in [9.17, 15) is 4.79 Å². The molecule has 1 fully saturated rings. The highest BCUT2D eigenvalue weighted by Gasteiger charge is 2.28. The van der Waals surface area contributed by atoms with Crippen LogP contribution >= 0.6 is 0 Å². The molecule has 1 atom stereocenters. The molecule has 1 saturated heterocycles. The lowest BCUT2D eigenvalue weighted by atomic mass is 10.1. The quantitative estimate of drug-likeness (QED) is 0.811. The fourth-order valence-electron chi connectivity index (χ4n) is 2.61. The second kappa shape index (κ2) is 7.43. The predicted octanol–water partition coefficient (Wildman–Crippen LogP) is 1.86. The maximum absolute atomic E-state index is 11.1. The molecule has 116 valence electrons. The highest BCUT2D eigenvalue weighted by Crippen LogP contribution is 2.16. The van der Waals surface area contributed by atoms with Crippen LogP contribution in [0.5, 0.6) is 5.75 Å².